The van der Waals surface area contributed by atoms with Crippen LogP contribution in [0.25, 0.3) is 11.5 Å². The quantitative estimate of drug-likeness (QED) is 0.407. The van der Waals surface area contributed by atoms with E-state index in [1.807, 2.05) is 24.3 Å². The van der Waals surface area contributed by atoms with E-state index < -0.39 is 0 Å². The van der Waals surface area contributed by atoms with E-state index in [9.17, 15) is 0 Å². The Bertz CT molecular complexity index is 883. The lowest BCUT2D eigenvalue weighted by atomic mass is 10.2. The largest absolute Gasteiger partial charge is 0.417 e. The van der Waals surface area contributed by atoms with Gasteiger partial charge in [-0.3, -0.25) is 0 Å². The molecule has 0 saturated heterocycles. The van der Waals surface area contributed by atoms with Crippen LogP contribution in [0.4, 0.5) is 0 Å². The van der Waals surface area contributed by atoms with Gasteiger partial charge in [-0.1, -0.05) is 46.6 Å². The fourth-order valence-corrected chi connectivity index (χ4v) is 2.60. The van der Waals surface area contributed by atoms with E-state index in [2.05, 4.69) is 31.3 Å². The van der Waals surface area contributed by atoms with Gasteiger partial charge in [0.15, 0.2) is 6.61 Å². The summed E-state index contributed by atoms with van der Waals surface area (Å²) in [6.45, 7) is 0.0648. The third-order valence-corrected chi connectivity index (χ3v) is 4.41. The molecule has 2 aromatic carbocycles. The van der Waals surface area contributed by atoms with E-state index in [1.165, 1.54) is 6.21 Å². The Labute approximate surface area is 156 Å². The number of aromatic nitrogens is 2. The lowest BCUT2D eigenvalue weighted by molar-refractivity contribution is 0.112. The molecule has 0 fully saturated rings. The van der Waals surface area contributed by atoms with Gasteiger partial charge < -0.3 is 9.25 Å². The summed E-state index contributed by atoms with van der Waals surface area (Å²) in [7, 11) is 0. The van der Waals surface area contributed by atoms with Crippen LogP contribution < -0.4 is 0 Å². The first-order valence-electron chi connectivity index (χ1n) is 6.81. The molecule has 0 unspecified atom stereocenters. The monoisotopic (exact) mass is 425 g/mol. The number of halogens is 3. The third kappa shape index (κ3) is 4.14. The van der Waals surface area contributed by atoms with Crippen molar-refractivity contribution in [2.75, 3.05) is 0 Å². The van der Waals surface area contributed by atoms with E-state index in [-0.39, 0.29) is 6.61 Å². The predicted molar refractivity (Wildman–Crippen MR) is 96.3 cm³/mol. The Morgan fingerprint density at radius 3 is 2.75 bits per heavy atom. The van der Waals surface area contributed by atoms with E-state index in [0.29, 0.717) is 21.8 Å². The molecule has 24 heavy (non-hydrogen) atoms. The summed E-state index contributed by atoms with van der Waals surface area (Å²) in [5.41, 5.74) is 1.58. The number of rotatable bonds is 5. The van der Waals surface area contributed by atoms with Crippen molar-refractivity contribution >= 4 is 45.3 Å². The van der Waals surface area contributed by atoms with Gasteiger partial charge in [-0.05, 0) is 45.8 Å². The van der Waals surface area contributed by atoms with Gasteiger partial charge in [-0.15, -0.1) is 10.2 Å². The molecule has 5 nitrogen and oxygen atoms in total. The lowest BCUT2D eigenvalue weighted by Crippen LogP contribution is -1.88. The van der Waals surface area contributed by atoms with Crippen molar-refractivity contribution in [2.24, 2.45) is 5.16 Å². The average molecular weight is 427 g/mol. The van der Waals surface area contributed by atoms with Crippen molar-refractivity contribution < 1.29 is 9.25 Å². The summed E-state index contributed by atoms with van der Waals surface area (Å²) in [5.74, 6) is 0.738. The average Bonchev–Trinajstić information content (AvgIpc) is 3.04. The summed E-state index contributed by atoms with van der Waals surface area (Å²) < 4.78 is 6.42. The summed E-state index contributed by atoms with van der Waals surface area (Å²) in [5, 5.41) is 12.7. The molecule has 0 N–H and O–H groups in total. The minimum Gasteiger partial charge on any atom is -0.417 e. The van der Waals surface area contributed by atoms with Gasteiger partial charge in [0.2, 0.25) is 5.89 Å². The Kier molecular flexibility index (Phi) is 5.50. The van der Waals surface area contributed by atoms with Gasteiger partial charge in [0.05, 0.1) is 21.8 Å². The maximum absolute atomic E-state index is 5.92. The first kappa shape index (κ1) is 17.0. The molecule has 8 heteroatoms. The van der Waals surface area contributed by atoms with Crippen LogP contribution in [0, 0.1) is 0 Å². The Balaban J connectivity index is 1.60. The third-order valence-electron chi connectivity index (χ3n) is 2.98. The van der Waals surface area contributed by atoms with Crippen LogP contribution in [0.3, 0.4) is 0 Å². The van der Waals surface area contributed by atoms with Crippen LogP contribution >= 0.6 is 39.1 Å². The van der Waals surface area contributed by atoms with Crippen LogP contribution in [0.15, 0.2) is 56.5 Å². The molecule has 1 aromatic heterocycles. The number of hydrogen-bond donors (Lipinski definition) is 0. The summed E-state index contributed by atoms with van der Waals surface area (Å²) in [6.07, 6.45) is 1.52. The molecule has 0 saturated carbocycles. The number of benzene rings is 2. The molecule has 0 aliphatic rings. The topological polar surface area (TPSA) is 60.5 Å². The molecule has 122 valence electrons. The van der Waals surface area contributed by atoms with Crippen LogP contribution in [0.5, 0.6) is 0 Å². The highest BCUT2D eigenvalue weighted by atomic mass is 79.9. The van der Waals surface area contributed by atoms with Crippen molar-refractivity contribution in [3.63, 3.8) is 0 Å². The molecule has 3 rings (SSSR count). The fourth-order valence-electron chi connectivity index (χ4n) is 1.84. The molecular formula is C16H10BrCl2N3O2. The second-order valence-corrected chi connectivity index (χ2v) is 6.33. The number of nitrogens with zero attached hydrogens (tertiary/aromatic N) is 3. The van der Waals surface area contributed by atoms with Crippen molar-refractivity contribution in [1.29, 1.82) is 0 Å². The molecule has 0 aliphatic carbocycles. The highest BCUT2D eigenvalue weighted by Gasteiger charge is 2.11. The SMILES string of the molecule is Clc1ccc(/C=N\OCc2nnc(-c3ccccc3Br)o2)cc1Cl. The zero-order chi connectivity index (χ0) is 16.9. The lowest BCUT2D eigenvalue weighted by Gasteiger charge is -1.98. The summed E-state index contributed by atoms with van der Waals surface area (Å²) >= 11 is 15.2. The van der Waals surface area contributed by atoms with Crippen LogP contribution in [-0.2, 0) is 11.4 Å². The molecule has 0 amide bonds. The molecule has 0 radical (unpaired) electrons. The number of oxime groups is 1. The molecule has 0 atom stereocenters. The molecule has 1 heterocycles. The Hall–Kier alpha value is -1.89. The second kappa shape index (κ2) is 7.79. The maximum atomic E-state index is 5.92. The highest BCUT2D eigenvalue weighted by molar-refractivity contribution is 9.10. The Morgan fingerprint density at radius 2 is 1.96 bits per heavy atom. The van der Waals surface area contributed by atoms with Crippen LogP contribution in [0.2, 0.25) is 10.0 Å². The van der Waals surface area contributed by atoms with Gasteiger partial charge in [0, 0.05) is 4.47 Å². The van der Waals surface area contributed by atoms with Crippen molar-refractivity contribution in [3.8, 4) is 11.5 Å². The minimum atomic E-state index is 0.0648. The van der Waals surface area contributed by atoms with E-state index >= 15 is 0 Å². The second-order valence-electron chi connectivity index (χ2n) is 4.66. The molecule has 0 bridgehead atoms. The van der Waals surface area contributed by atoms with E-state index in [0.717, 1.165) is 15.6 Å². The highest BCUT2D eigenvalue weighted by Crippen LogP contribution is 2.26. The predicted octanol–water partition coefficient (Wildman–Crippen LogP) is 5.36. The summed E-state index contributed by atoms with van der Waals surface area (Å²) in [6, 6.07) is 12.7. The van der Waals surface area contributed by atoms with Gasteiger partial charge in [0.25, 0.3) is 5.89 Å². The maximum Gasteiger partial charge on any atom is 0.257 e. The first-order valence-corrected chi connectivity index (χ1v) is 8.36. The normalized spacial score (nSPS) is 11.1. The van der Waals surface area contributed by atoms with Gasteiger partial charge in [-0.2, -0.15) is 0 Å². The Morgan fingerprint density at radius 1 is 1.12 bits per heavy atom. The zero-order valence-electron chi connectivity index (χ0n) is 12.1. The summed E-state index contributed by atoms with van der Waals surface area (Å²) in [4.78, 5) is 5.16. The van der Waals surface area contributed by atoms with Gasteiger partial charge in [-0.25, -0.2) is 0 Å². The fraction of sp³-hybridized carbons (Fsp3) is 0.0625. The van der Waals surface area contributed by atoms with Crippen molar-refractivity contribution in [3.05, 3.63) is 68.4 Å². The minimum absolute atomic E-state index is 0.0648. The van der Waals surface area contributed by atoms with E-state index in [4.69, 9.17) is 32.5 Å². The first-order chi connectivity index (χ1) is 11.6. The molecule has 0 spiro atoms. The molecule has 0 aliphatic heterocycles. The van der Waals surface area contributed by atoms with Crippen LogP contribution in [0.1, 0.15) is 11.5 Å². The zero-order valence-corrected chi connectivity index (χ0v) is 15.2. The smallest absolute Gasteiger partial charge is 0.257 e. The molecule has 3 aromatic rings. The van der Waals surface area contributed by atoms with Gasteiger partial charge in [0.1, 0.15) is 0 Å². The molecular weight excluding hydrogens is 417 g/mol. The standard InChI is InChI=1S/C16H10BrCl2N3O2/c17-12-4-2-1-3-11(12)16-22-21-15(24-16)9-23-20-8-10-5-6-13(18)14(19)7-10/h1-8H,9H2/b20-8-. The number of hydrogen-bond acceptors (Lipinski definition) is 5. The van der Waals surface area contributed by atoms with E-state index in [1.54, 1.807) is 18.2 Å². The van der Waals surface area contributed by atoms with Crippen LogP contribution in [-0.4, -0.2) is 16.4 Å². The van der Waals surface area contributed by atoms with Gasteiger partial charge >= 0.3 is 0 Å². The van der Waals surface area contributed by atoms with Crippen molar-refractivity contribution in [1.82, 2.24) is 10.2 Å². The van der Waals surface area contributed by atoms with Crippen molar-refractivity contribution in [2.45, 2.75) is 6.61 Å².